The summed E-state index contributed by atoms with van der Waals surface area (Å²) in [5.74, 6) is 2.25. The predicted octanol–water partition coefficient (Wildman–Crippen LogP) is 3.47. The van der Waals surface area contributed by atoms with E-state index in [4.69, 9.17) is 16.1 Å². The van der Waals surface area contributed by atoms with Gasteiger partial charge in [0.2, 0.25) is 0 Å². The van der Waals surface area contributed by atoms with Gasteiger partial charge in [-0.1, -0.05) is 23.7 Å². The van der Waals surface area contributed by atoms with E-state index in [0.29, 0.717) is 11.0 Å². The summed E-state index contributed by atoms with van der Waals surface area (Å²) in [6.07, 6.45) is 0.745. The normalized spacial score (nSPS) is 12.5. The Hall–Kier alpha value is -1.62. The number of aromatic nitrogens is 3. The summed E-state index contributed by atoms with van der Waals surface area (Å²) in [7, 11) is 0. The van der Waals surface area contributed by atoms with E-state index in [1.165, 1.54) is 0 Å². The maximum absolute atomic E-state index is 5.98. The number of nitrogens with one attached hydrogen (secondary N) is 1. The van der Waals surface area contributed by atoms with Gasteiger partial charge in [-0.15, -0.1) is 0 Å². The lowest BCUT2D eigenvalue weighted by atomic mass is 10.1. The van der Waals surface area contributed by atoms with Crippen LogP contribution < -0.4 is 5.32 Å². The summed E-state index contributed by atoms with van der Waals surface area (Å²) < 4.78 is 5.17. The zero-order chi connectivity index (χ0) is 14.0. The van der Waals surface area contributed by atoms with Gasteiger partial charge in [0.1, 0.15) is 22.6 Å². The molecular formula is C13H17ClN4O. The summed E-state index contributed by atoms with van der Waals surface area (Å²) in [4.78, 5) is 8.54. The van der Waals surface area contributed by atoms with Gasteiger partial charge in [0, 0.05) is 18.1 Å². The van der Waals surface area contributed by atoms with Gasteiger partial charge in [-0.05, 0) is 20.8 Å². The topological polar surface area (TPSA) is 63.8 Å². The first-order valence-electron chi connectivity index (χ1n) is 6.24. The zero-order valence-corrected chi connectivity index (χ0v) is 12.2. The maximum Gasteiger partial charge on any atom is 0.139 e. The number of rotatable bonds is 4. The third kappa shape index (κ3) is 3.04. The Balaban J connectivity index is 2.24. The highest BCUT2D eigenvalue weighted by Crippen LogP contribution is 2.25. The molecule has 2 heterocycles. The fourth-order valence-corrected chi connectivity index (χ4v) is 2.30. The molecule has 6 heteroatoms. The van der Waals surface area contributed by atoms with E-state index >= 15 is 0 Å². The number of nitrogens with zero attached hydrogens (tertiary/aromatic N) is 3. The Morgan fingerprint density at radius 1 is 1.37 bits per heavy atom. The minimum atomic E-state index is 0.0434. The fourth-order valence-electron chi connectivity index (χ4n) is 2.10. The largest absolute Gasteiger partial charge is 0.363 e. The molecule has 1 atom stereocenters. The SMILES string of the molecule is CCc1nc(Cl)cc(NC(C)c2c(C)noc2C)n1. The van der Waals surface area contributed by atoms with Gasteiger partial charge in [-0.25, -0.2) is 9.97 Å². The number of anilines is 1. The Bertz CT molecular complexity index is 563. The van der Waals surface area contributed by atoms with E-state index in [2.05, 4.69) is 20.4 Å². The minimum Gasteiger partial charge on any atom is -0.363 e. The van der Waals surface area contributed by atoms with Crippen LogP contribution in [0.25, 0.3) is 0 Å². The van der Waals surface area contributed by atoms with Crippen molar-refractivity contribution in [1.82, 2.24) is 15.1 Å². The molecule has 1 N–H and O–H groups in total. The second kappa shape index (κ2) is 5.57. The molecule has 5 nitrogen and oxygen atoms in total. The summed E-state index contributed by atoms with van der Waals surface area (Å²) in [6, 6.07) is 1.76. The molecule has 0 aliphatic carbocycles. The number of halogens is 1. The van der Waals surface area contributed by atoms with Crippen molar-refractivity contribution >= 4 is 17.4 Å². The molecule has 0 radical (unpaired) electrons. The lowest BCUT2D eigenvalue weighted by molar-refractivity contribution is 0.392. The second-order valence-corrected chi connectivity index (χ2v) is 4.84. The van der Waals surface area contributed by atoms with Crippen LogP contribution in [-0.2, 0) is 6.42 Å². The van der Waals surface area contributed by atoms with Crippen LogP contribution in [0.2, 0.25) is 5.15 Å². The maximum atomic E-state index is 5.98. The fraction of sp³-hybridized carbons (Fsp3) is 0.462. The molecule has 19 heavy (non-hydrogen) atoms. The molecule has 0 amide bonds. The van der Waals surface area contributed by atoms with E-state index in [-0.39, 0.29) is 6.04 Å². The Morgan fingerprint density at radius 3 is 2.68 bits per heavy atom. The van der Waals surface area contributed by atoms with Crippen LogP contribution in [0.15, 0.2) is 10.6 Å². The van der Waals surface area contributed by atoms with E-state index in [0.717, 1.165) is 29.3 Å². The predicted molar refractivity (Wildman–Crippen MR) is 74.4 cm³/mol. The Kier molecular flexibility index (Phi) is 4.04. The highest BCUT2D eigenvalue weighted by molar-refractivity contribution is 6.29. The lowest BCUT2D eigenvalue weighted by Gasteiger charge is -2.15. The Labute approximate surface area is 117 Å². The van der Waals surface area contributed by atoms with E-state index in [1.807, 2.05) is 27.7 Å². The molecule has 0 bridgehead atoms. The van der Waals surface area contributed by atoms with Gasteiger partial charge in [-0.2, -0.15) is 0 Å². The molecule has 0 spiro atoms. The van der Waals surface area contributed by atoms with Crippen LogP contribution in [0.5, 0.6) is 0 Å². The van der Waals surface area contributed by atoms with Crippen LogP contribution in [0, 0.1) is 13.8 Å². The summed E-state index contributed by atoms with van der Waals surface area (Å²) in [5.41, 5.74) is 1.93. The van der Waals surface area contributed by atoms with E-state index in [9.17, 15) is 0 Å². The minimum absolute atomic E-state index is 0.0434. The van der Waals surface area contributed by atoms with Gasteiger partial charge in [-0.3, -0.25) is 0 Å². The molecule has 0 fully saturated rings. The van der Waals surface area contributed by atoms with Gasteiger partial charge in [0.05, 0.1) is 11.7 Å². The number of aryl methyl sites for hydroxylation is 3. The molecular weight excluding hydrogens is 264 g/mol. The number of hydrogen-bond acceptors (Lipinski definition) is 5. The van der Waals surface area contributed by atoms with Crippen molar-refractivity contribution < 1.29 is 4.52 Å². The average molecular weight is 281 g/mol. The third-order valence-corrected chi connectivity index (χ3v) is 3.14. The smallest absolute Gasteiger partial charge is 0.139 e. The van der Waals surface area contributed by atoms with Crippen molar-refractivity contribution in [3.63, 3.8) is 0 Å². The van der Waals surface area contributed by atoms with Gasteiger partial charge in [0.15, 0.2) is 0 Å². The molecule has 0 aliphatic rings. The molecule has 0 saturated heterocycles. The molecule has 0 saturated carbocycles. The molecule has 0 aliphatic heterocycles. The Morgan fingerprint density at radius 2 is 2.11 bits per heavy atom. The third-order valence-electron chi connectivity index (χ3n) is 2.94. The quantitative estimate of drug-likeness (QED) is 0.869. The molecule has 2 rings (SSSR count). The molecule has 2 aromatic rings. The van der Waals surface area contributed by atoms with Crippen molar-refractivity contribution in [2.45, 2.75) is 40.2 Å². The van der Waals surface area contributed by atoms with Crippen LogP contribution in [0.3, 0.4) is 0 Å². The highest BCUT2D eigenvalue weighted by atomic mass is 35.5. The first-order valence-corrected chi connectivity index (χ1v) is 6.61. The zero-order valence-electron chi connectivity index (χ0n) is 11.5. The summed E-state index contributed by atoms with van der Waals surface area (Å²) in [6.45, 7) is 7.85. The van der Waals surface area contributed by atoms with Crippen molar-refractivity contribution in [2.24, 2.45) is 0 Å². The standard InChI is InChI=1S/C13H17ClN4O/c1-5-11-16-10(14)6-12(17-11)15-7(2)13-8(3)18-19-9(13)4/h6-7H,5H2,1-4H3,(H,15,16,17). The molecule has 1 unspecified atom stereocenters. The van der Waals surface area contributed by atoms with Crippen molar-refractivity contribution in [3.8, 4) is 0 Å². The summed E-state index contributed by atoms with van der Waals surface area (Å²) in [5, 5.41) is 7.71. The first-order chi connectivity index (χ1) is 9.01. The first kappa shape index (κ1) is 13.8. The van der Waals surface area contributed by atoms with Crippen molar-refractivity contribution in [3.05, 3.63) is 34.1 Å². The van der Waals surface area contributed by atoms with Crippen molar-refractivity contribution in [2.75, 3.05) is 5.32 Å². The highest BCUT2D eigenvalue weighted by Gasteiger charge is 2.17. The van der Waals surface area contributed by atoms with Crippen molar-refractivity contribution in [1.29, 1.82) is 0 Å². The molecule has 0 aromatic carbocycles. The van der Waals surface area contributed by atoms with Gasteiger partial charge >= 0.3 is 0 Å². The number of hydrogen-bond donors (Lipinski definition) is 1. The van der Waals surface area contributed by atoms with Crippen LogP contribution in [-0.4, -0.2) is 15.1 Å². The van der Waals surface area contributed by atoms with E-state index < -0.39 is 0 Å². The van der Waals surface area contributed by atoms with Crippen LogP contribution in [0.1, 0.15) is 42.7 Å². The molecule has 102 valence electrons. The molecule has 2 aromatic heterocycles. The van der Waals surface area contributed by atoms with E-state index in [1.54, 1.807) is 6.07 Å². The second-order valence-electron chi connectivity index (χ2n) is 4.45. The van der Waals surface area contributed by atoms with Gasteiger partial charge in [0.25, 0.3) is 0 Å². The summed E-state index contributed by atoms with van der Waals surface area (Å²) >= 11 is 5.98. The lowest BCUT2D eigenvalue weighted by Crippen LogP contribution is -2.10. The average Bonchev–Trinajstić information content (AvgIpc) is 2.68. The van der Waals surface area contributed by atoms with Crippen LogP contribution in [0.4, 0.5) is 5.82 Å². The monoisotopic (exact) mass is 280 g/mol. The van der Waals surface area contributed by atoms with Gasteiger partial charge < -0.3 is 9.84 Å². The van der Waals surface area contributed by atoms with Crippen LogP contribution >= 0.6 is 11.6 Å².